The van der Waals surface area contributed by atoms with Gasteiger partial charge in [0.2, 0.25) is 11.8 Å². The maximum Gasteiger partial charge on any atom is 0.303 e. The van der Waals surface area contributed by atoms with E-state index in [9.17, 15) is 27.6 Å². The van der Waals surface area contributed by atoms with Crippen molar-refractivity contribution in [3.8, 4) is 0 Å². The number of halogens is 1. The van der Waals surface area contributed by atoms with E-state index in [1.54, 1.807) is 32.0 Å². The fourth-order valence-electron chi connectivity index (χ4n) is 5.22. The van der Waals surface area contributed by atoms with Crippen molar-refractivity contribution in [3.63, 3.8) is 0 Å². The van der Waals surface area contributed by atoms with Crippen molar-refractivity contribution in [2.24, 2.45) is 5.92 Å². The summed E-state index contributed by atoms with van der Waals surface area (Å²) in [5, 5.41) is 19.0. The molecule has 0 aliphatic carbocycles. The predicted molar refractivity (Wildman–Crippen MR) is 207 cm³/mol. The van der Waals surface area contributed by atoms with Crippen molar-refractivity contribution in [3.05, 3.63) is 86.6 Å². The Morgan fingerprint density at radius 1 is 0.865 bits per heavy atom. The molecule has 4 atom stereocenters. The summed E-state index contributed by atoms with van der Waals surface area (Å²) in [7, 11) is 0.133. The number of carbonyl (C=O) groups excluding carboxylic acids is 4. The summed E-state index contributed by atoms with van der Waals surface area (Å²) in [6.07, 6.45) is 0.420. The molecule has 0 unspecified atom stereocenters. The quantitative estimate of drug-likeness (QED) is 0.131. The van der Waals surface area contributed by atoms with E-state index in [1.165, 1.54) is 50.7 Å². The van der Waals surface area contributed by atoms with E-state index in [0.717, 1.165) is 19.7 Å². The molecule has 0 fully saturated rings. The Morgan fingerprint density at radius 3 is 2.08 bits per heavy atom. The Morgan fingerprint density at radius 2 is 1.52 bits per heavy atom. The summed E-state index contributed by atoms with van der Waals surface area (Å²) >= 11 is 7.66. The van der Waals surface area contributed by atoms with Gasteiger partial charge in [-0.2, -0.15) is 24.1 Å². The highest BCUT2D eigenvalue weighted by Crippen LogP contribution is 2.24. The minimum absolute atomic E-state index is 0.0571. The van der Waals surface area contributed by atoms with E-state index in [0.29, 0.717) is 18.0 Å². The van der Waals surface area contributed by atoms with Crippen LogP contribution in [-0.4, -0.2) is 88.7 Å². The topological polar surface area (TPSA) is 169 Å². The van der Waals surface area contributed by atoms with E-state index in [4.69, 9.17) is 11.6 Å². The van der Waals surface area contributed by atoms with Gasteiger partial charge in [0.25, 0.3) is 11.8 Å². The zero-order chi connectivity index (χ0) is 38.7. The fourth-order valence-corrected chi connectivity index (χ4v) is 6.96. The third-order valence-corrected chi connectivity index (χ3v) is 11.2. The molecule has 2 aromatic carbocycles. The molecule has 0 spiro atoms. The van der Waals surface area contributed by atoms with Crippen molar-refractivity contribution in [1.82, 2.24) is 30.9 Å². The van der Waals surface area contributed by atoms with Gasteiger partial charge in [0.15, 0.2) is 0 Å². The number of thiophene rings is 1. The molecule has 0 aliphatic rings. The number of anilines is 1. The molecule has 1 aromatic heterocycles. The molecule has 5 N–H and O–H groups in total. The zero-order valence-corrected chi connectivity index (χ0v) is 33.2. The first kappa shape index (κ1) is 42.4. The lowest BCUT2D eigenvalue weighted by molar-refractivity contribution is -0.130. The van der Waals surface area contributed by atoms with Gasteiger partial charge in [-0.05, 0) is 91.4 Å². The maximum atomic E-state index is 13.9. The second-order valence-electron chi connectivity index (χ2n) is 13.0. The maximum absolute atomic E-state index is 13.9. The first-order valence-corrected chi connectivity index (χ1v) is 19.7. The largest absolute Gasteiger partial charge is 0.355 e. The second kappa shape index (κ2) is 19.2. The molecular weight excluding hydrogens is 726 g/mol. The molecule has 16 heteroatoms. The summed E-state index contributed by atoms with van der Waals surface area (Å²) in [4.78, 5) is 53.2. The van der Waals surface area contributed by atoms with Crippen LogP contribution in [0.2, 0.25) is 5.02 Å². The van der Waals surface area contributed by atoms with E-state index < -0.39 is 46.2 Å². The first-order chi connectivity index (χ1) is 24.4. The number of rotatable bonds is 18. The normalized spacial score (nSPS) is 13.9. The van der Waals surface area contributed by atoms with Crippen LogP contribution in [-0.2, 0) is 26.2 Å². The molecule has 0 radical (unpaired) electrons. The van der Waals surface area contributed by atoms with Gasteiger partial charge in [-0.1, -0.05) is 37.6 Å². The molecule has 1 heterocycles. The monoisotopic (exact) mass is 775 g/mol. The Hall–Kier alpha value is -4.02. The summed E-state index contributed by atoms with van der Waals surface area (Å²) in [6, 6.07) is 10.8. The second-order valence-corrected chi connectivity index (χ2v) is 16.4. The van der Waals surface area contributed by atoms with Crippen LogP contribution in [0.25, 0.3) is 0 Å². The smallest absolute Gasteiger partial charge is 0.303 e. The fraction of sp³-hybridized carbons (Fsp3) is 0.444. The molecule has 13 nitrogen and oxygen atoms in total. The lowest BCUT2D eigenvalue weighted by Crippen LogP contribution is -2.55. The Balaban J connectivity index is 1.89. The highest BCUT2D eigenvalue weighted by molar-refractivity contribution is 7.90. The third-order valence-electron chi connectivity index (χ3n) is 8.37. The van der Waals surface area contributed by atoms with E-state index in [2.05, 4.69) is 26.6 Å². The van der Waals surface area contributed by atoms with Crippen molar-refractivity contribution >= 4 is 62.5 Å². The number of nitrogens with one attached hydrogen (secondary N) is 5. The standard InChI is InChI=1S/C36H50ClN7O6S2/c1-9-38-36(48)32(22(2)3)42-33(45)24(5)39-20-30(15-25-13-14-51-21-25)41-35(47)28-16-27(18-31(19-28)44(8)52(49,50)43(6)7)34(46)40-23(4)26-11-10-12-29(37)17-26/h10-14,16-19,21-24,30,32,39H,9,15,20H2,1-8H3,(H,38,48)(H,40,46)(H,41,47)(H,42,45)/t23-,24+,30+,32+/m1/s1. The van der Waals surface area contributed by atoms with Gasteiger partial charge in [-0.15, -0.1) is 0 Å². The SMILES string of the molecule is CCNC(=O)[C@@H](NC(=O)[C@H](C)NC[C@H](Cc1ccsc1)NC(=O)c1cc(C(=O)N[C@H](C)c2cccc(Cl)c2)cc(N(C)S(=O)(=O)N(C)C)c1)C(C)C. The Labute approximate surface area is 316 Å². The van der Waals surface area contributed by atoms with Crippen LogP contribution in [0.4, 0.5) is 5.69 Å². The van der Waals surface area contributed by atoms with Gasteiger partial charge < -0.3 is 26.6 Å². The van der Waals surface area contributed by atoms with Crippen LogP contribution in [0, 0.1) is 5.92 Å². The highest BCUT2D eigenvalue weighted by atomic mass is 35.5. The number of carbonyl (C=O) groups is 4. The van der Waals surface area contributed by atoms with Gasteiger partial charge in [-0.25, -0.2) is 0 Å². The lowest BCUT2D eigenvalue weighted by atomic mass is 10.0. The van der Waals surface area contributed by atoms with E-state index in [-0.39, 0.29) is 41.1 Å². The molecule has 4 amide bonds. The summed E-state index contributed by atoms with van der Waals surface area (Å²) < 4.78 is 28.2. The lowest BCUT2D eigenvalue weighted by Gasteiger charge is -2.26. The Kier molecular flexibility index (Phi) is 15.6. The number of amides is 4. The zero-order valence-electron chi connectivity index (χ0n) is 30.8. The molecule has 3 rings (SSSR count). The number of hydrogen-bond acceptors (Lipinski definition) is 8. The molecule has 0 saturated carbocycles. The van der Waals surface area contributed by atoms with Gasteiger partial charge in [0.1, 0.15) is 6.04 Å². The molecule has 0 bridgehead atoms. The van der Waals surface area contributed by atoms with Gasteiger partial charge in [0, 0.05) is 56.4 Å². The molecule has 52 heavy (non-hydrogen) atoms. The van der Waals surface area contributed by atoms with Gasteiger partial charge in [0.05, 0.1) is 17.8 Å². The van der Waals surface area contributed by atoms with Crippen LogP contribution in [0.15, 0.2) is 59.3 Å². The van der Waals surface area contributed by atoms with E-state index in [1.807, 2.05) is 43.7 Å². The van der Waals surface area contributed by atoms with Crippen molar-refractivity contribution in [1.29, 1.82) is 0 Å². The van der Waals surface area contributed by atoms with Crippen molar-refractivity contribution in [2.45, 2.75) is 65.2 Å². The molecular formula is C36H50ClN7O6S2. The summed E-state index contributed by atoms with van der Waals surface area (Å²) in [5.74, 6) is -1.85. The molecule has 284 valence electrons. The summed E-state index contributed by atoms with van der Waals surface area (Å²) in [5.41, 5.74) is 1.96. The average molecular weight is 776 g/mol. The number of benzene rings is 2. The number of nitrogens with zero attached hydrogens (tertiary/aromatic N) is 2. The summed E-state index contributed by atoms with van der Waals surface area (Å²) in [6.45, 7) is 9.59. The van der Waals surface area contributed by atoms with Crippen molar-refractivity contribution < 1.29 is 27.6 Å². The minimum atomic E-state index is -3.98. The third kappa shape index (κ3) is 11.7. The van der Waals surface area contributed by atoms with Crippen LogP contribution in [0.5, 0.6) is 0 Å². The molecule has 0 aliphatic heterocycles. The van der Waals surface area contributed by atoms with Crippen LogP contribution >= 0.6 is 22.9 Å². The predicted octanol–water partition coefficient (Wildman–Crippen LogP) is 3.73. The molecule has 0 saturated heterocycles. The van der Waals surface area contributed by atoms with Crippen molar-refractivity contribution in [2.75, 3.05) is 38.5 Å². The van der Waals surface area contributed by atoms with Gasteiger partial charge >= 0.3 is 10.2 Å². The van der Waals surface area contributed by atoms with Crippen LogP contribution in [0.3, 0.4) is 0 Å². The van der Waals surface area contributed by atoms with Crippen LogP contribution < -0.4 is 30.9 Å². The minimum Gasteiger partial charge on any atom is -0.355 e. The molecule has 3 aromatic rings. The number of likely N-dealkylation sites (N-methyl/N-ethyl adjacent to an activating group) is 1. The highest BCUT2D eigenvalue weighted by Gasteiger charge is 2.28. The first-order valence-electron chi connectivity index (χ1n) is 17.0. The average Bonchev–Trinajstić information content (AvgIpc) is 3.61. The van der Waals surface area contributed by atoms with Gasteiger partial charge in [-0.3, -0.25) is 23.5 Å². The Bertz CT molecular complexity index is 1800. The van der Waals surface area contributed by atoms with Crippen LogP contribution in [0.1, 0.15) is 72.5 Å². The van der Waals surface area contributed by atoms with E-state index >= 15 is 0 Å². The number of hydrogen-bond donors (Lipinski definition) is 5.